The minimum Gasteiger partial charge on any atom is -0.530 e. The van der Waals surface area contributed by atoms with Gasteiger partial charge in [-0.25, -0.2) is 0 Å². The average molecular weight is 172 g/mol. The van der Waals surface area contributed by atoms with Gasteiger partial charge in [0.2, 0.25) is 0 Å². The van der Waals surface area contributed by atoms with E-state index in [0.717, 1.165) is 12.8 Å². The number of amides is 1. The molecule has 0 aliphatic carbocycles. The second-order valence-electron chi connectivity index (χ2n) is 3.08. The van der Waals surface area contributed by atoms with E-state index in [9.17, 15) is 9.90 Å². The molecule has 0 fully saturated rings. The summed E-state index contributed by atoms with van der Waals surface area (Å²) < 4.78 is 0. The highest BCUT2D eigenvalue weighted by molar-refractivity contribution is 5.61. The van der Waals surface area contributed by atoms with Crippen molar-refractivity contribution in [2.45, 2.75) is 39.5 Å². The molecule has 0 aromatic rings. The van der Waals surface area contributed by atoms with Crippen LogP contribution in [0.4, 0.5) is 4.79 Å². The number of hydrogen-bond donors (Lipinski definition) is 1. The van der Waals surface area contributed by atoms with Crippen molar-refractivity contribution < 1.29 is 9.90 Å². The van der Waals surface area contributed by atoms with Gasteiger partial charge in [-0.15, -0.1) is 0 Å². The SMILES string of the molecule is CCCCC(CC)CNC(=O)[O-]. The van der Waals surface area contributed by atoms with Crippen LogP contribution in [0.1, 0.15) is 39.5 Å². The van der Waals surface area contributed by atoms with Gasteiger partial charge in [-0.05, 0) is 12.3 Å². The molecule has 1 amide bonds. The summed E-state index contributed by atoms with van der Waals surface area (Å²) in [6.45, 7) is 4.76. The largest absolute Gasteiger partial charge is 0.530 e. The Hall–Kier alpha value is -0.730. The fourth-order valence-electron chi connectivity index (χ4n) is 1.17. The quantitative estimate of drug-likeness (QED) is 0.653. The Morgan fingerprint density at radius 1 is 1.50 bits per heavy atom. The normalized spacial score (nSPS) is 12.5. The van der Waals surface area contributed by atoms with E-state index in [0.29, 0.717) is 12.5 Å². The maximum atomic E-state index is 10.1. The van der Waals surface area contributed by atoms with E-state index in [4.69, 9.17) is 0 Å². The van der Waals surface area contributed by atoms with Gasteiger partial charge in [-0.2, -0.15) is 0 Å². The van der Waals surface area contributed by atoms with E-state index in [1.165, 1.54) is 12.8 Å². The first-order valence-corrected chi connectivity index (χ1v) is 4.65. The monoisotopic (exact) mass is 172 g/mol. The average Bonchev–Trinajstić information content (AvgIpc) is 2.05. The summed E-state index contributed by atoms with van der Waals surface area (Å²) in [5, 5.41) is 12.4. The Balaban J connectivity index is 3.45. The first-order chi connectivity index (χ1) is 5.70. The summed E-state index contributed by atoms with van der Waals surface area (Å²) in [4.78, 5) is 10.1. The van der Waals surface area contributed by atoms with Crippen LogP contribution in [0.3, 0.4) is 0 Å². The Kier molecular flexibility index (Phi) is 6.53. The van der Waals surface area contributed by atoms with Crippen LogP contribution in [0, 0.1) is 5.92 Å². The van der Waals surface area contributed by atoms with Gasteiger partial charge in [0.1, 0.15) is 6.09 Å². The number of carbonyl (C=O) groups is 1. The van der Waals surface area contributed by atoms with Crippen LogP contribution in [0.2, 0.25) is 0 Å². The van der Waals surface area contributed by atoms with Crippen molar-refractivity contribution >= 4 is 6.09 Å². The van der Waals surface area contributed by atoms with Crippen molar-refractivity contribution in [2.75, 3.05) is 6.54 Å². The molecule has 0 aromatic carbocycles. The molecule has 0 aromatic heterocycles. The van der Waals surface area contributed by atoms with E-state index in [-0.39, 0.29) is 0 Å². The van der Waals surface area contributed by atoms with Gasteiger partial charge < -0.3 is 15.2 Å². The third-order valence-corrected chi connectivity index (χ3v) is 2.08. The molecule has 0 saturated carbocycles. The molecule has 0 aliphatic rings. The minimum absolute atomic E-state index is 0.475. The molecule has 0 heterocycles. The van der Waals surface area contributed by atoms with Crippen LogP contribution in [-0.4, -0.2) is 12.6 Å². The summed E-state index contributed by atoms with van der Waals surface area (Å²) in [7, 11) is 0. The molecular formula is C9H18NO2-. The molecule has 0 spiro atoms. The molecule has 1 unspecified atom stereocenters. The standard InChI is InChI=1S/C9H19NO2/c1-3-5-6-8(4-2)7-10-9(11)12/h8,10H,3-7H2,1-2H3,(H,11,12)/p-1. The second-order valence-corrected chi connectivity index (χ2v) is 3.08. The topological polar surface area (TPSA) is 52.2 Å². The fourth-order valence-corrected chi connectivity index (χ4v) is 1.17. The van der Waals surface area contributed by atoms with E-state index in [1.54, 1.807) is 0 Å². The van der Waals surface area contributed by atoms with Gasteiger partial charge in [0.05, 0.1) is 0 Å². The van der Waals surface area contributed by atoms with E-state index in [1.807, 2.05) is 0 Å². The number of nitrogens with one attached hydrogen (secondary N) is 1. The van der Waals surface area contributed by atoms with Crippen molar-refractivity contribution in [1.82, 2.24) is 5.32 Å². The Morgan fingerprint density at radius 2 is 2.17 bits per heavy atom. The van der Waals surface area contributed by atoms with Crippen molar-refractivity contribution in [3.05, 3.63) is 0 Å². The molecule has 3 nitrogen and oxygen atoms in total. The summed E-state index contributed by atoms with van der Waals surface area (Å²) in [5.74, 6) is 0.475. The molecule has 3 heteroatoms. The van der Waals surface area contributed by atoms with Gasteiger partial charge >= 0.3 is 0 Å². The third-order valence-electron chi connectivity index (χ3n) is 2.08. The molecule has 72 valence electrons. The highest BCUT2D eigenvalue weighted by Gasteiger charge is 2.04. The molecule has 0 saturated heterocycles. The zero-order chi connectivity index (χ0) is 9.40. The lowest BCUT2D eigenvalue weighted by Gasteiger charge is -2.15. The van der Waals surface area contributed by atoms with Gasteiger partial charge in [-0.1, -0.05) is 33.1 Å². The van der Waals surface area contributed by atoms with Crippen molar-refractivity contribution in [2.24, 2.45) is 5.92 Å². The van der Waals surface area contributed by atoms with Crippen LogP contribution < -0.4 is 10.4 Å². The van der Waals surface area contributed by atoms with Gasteiger partial charge in [0, 0.05) is 6.54 Å². The zero-order valence-corrected chi connectivity index (χ0v) is 7.93. The molecule has 12 heavy (non-hydrogen) atoms. The maximum Gasteiger partial charge on any atom is 0.134 e. The van der Waals surface area contributed by atoms with Crippen LogP contribution in [0.25, 0.3) is 0 Å². The van der Waals surface area contributed by atoms with Crippen molar-refractivity contribution in [1.29, 1.82) is 0 Å². The minimum atomic E-state index is -1.16. The van der Waals surface area contributed by atoms with Crippen molar-refractivity contribution in [3.63, 3.8) is 0 Å². The van der Waals surface area contributed by atoms with Crippen LogP contribution >= 0.6 is 0 Å². The number of rotatable bonds is 6. The molecule has 0 aliphatic heterocycles. The highest BCUT2D eigenvalue weighted by atomic mass is 16.4. The van der Waals surface area contributed by atoms with Crippen LogP contribution in [0.5, 0.6) is 0 Å². The van der Waals surface area contributed by atoms with E-state index < -0.39 is 6.09 Å². The smallest absolute Gasteiger partial charge is 0.134 e. The number of hydrogen-bond acceptors (Lipinski definition) is 2. The second kappa shape index (κ2) is 6.95. The third kappa shape index (κ3) is 6.01. The van der Waals surface area contributed by atoms with Gasteiger partial charge in [0.15, 0.2) is 0 Å². The van der Waals surface area contributed by atoms with E-state index >= 15 is 0 Å². The van der Waals surface area contributed by atoms with Gasteiger partial charge in [-0.3, -0.25) is 0 Å². The maximum absolute atomic E-state index is 10.1. The Morgan fingerprint density at radius 3 is 2.58 bits per heavy atom. The molecule has 0 bridgehead atoms. The lowest BCUT2D eigenvalue weighted by molar-refractivity contribution is -0.250. The number of carboxylic acid groups (broad SMARTS) is 1. The van der Waals surface area contributed by atoms with Crippen molar-refractivity contribution in [3.8, 4) is 0 Å². The van der Waals surface area contributed by atoms with E-state index in [2.05, 4.69) is 19.2 Å². The molecule has 0 radical (unpaired) electrons. The predicted molar refractivity (Wildman–Crippen MR) is 46.7 cm³/mol. The highest BCUT2D eigenvalue weighted by Crippen LogP contribution is 2.10. The number of unbranched alkanes of at least 4 members (excludes halogenated alkanes) is 1. The Labute approximate surface area is 74.2 Å². The summed E-state index contributed by atoms with van der Waals surface area (Å²) in [6.07, 6.45) is 3.31. The van der Waals surface area contributed by atoms with Crippen LogP contribution in [0.15, 0.2) is 0 Å². The fraction of sp³-hybridized carbons (Fsp3) is 0.889. The molecule has 1 atom stereocenters. The molecule has 1 N–H and O–H groups in total. The summed E-state index contributed by atoms with van der Waals surface area (Å²) >= 11 is 0. The first-order valence-electron chi connectivity index (χ1n) is 4.65. The first kappa shape index (κ1) is 11.3. The zero-order valence-electron chi connectivity index (χ0n) is 7.93. The lowest BCUT2D eigenvalue weighted by Crippen LogP contribution is -2.39. The molecular weight excluding hydrogens is 154 g/mol. The van der Waals surface area contributed by atoms with Gasteiger partial charge in [0.25, 0.3) is 0 Å². The lowest BCUT2D eigenvalue weighted by atomic mass is 10.00. The summed E-state index contributed by atoms with van der Waals surface area (Å²) in [5.41, 5.74) is 0. The number of carbonyl (C=O) groups excluding carboxylic acids is 1. The summed E-state index contributed by atoms with van der Waals surface area (Å²) in [6, 6.07) is 0. The Bertz CT molecular complexity index is 126. The predicted octanol–water partition coefficient (Wildman–Crippen LogP) is 1.14. The van der Waals surface area contributed by atoms with Crippen LogP contribution in [-0.2, 0) is 0 Å². The molecule has 0 rings (SSSR count).